The van der Waals surface area contributed by atoms with Gasteiger partial charge in [0.25, 0.3) is 0 Å². The van der Waals surface area contributed by atoms with Gasteiger partial charge in [-0.15, -0.1) is 0 Å². The van der Waals surface area contributed by atoms with Gasteiger partial charge in [0.15, 0.2) is 6.29 Å². The molecule has 4 rings (SSSR count). The van der Waals surface area contributed by atoms with Crippen molar-refractivity contribution in [3.05, 3.63) is 34.4 Å². The van der Waals surface area contributed by atoms with Crippen molar-refractivity contribution in [2.24, 2.45) is 11.8 Å². The average Bonchev–Trinajstić information content (AvgIpc) is 2.80. The van der Waals surface area contributed by atoms with E-state index in [-0.39, 0.29) is 23.1 Å². The first-order valence-electron chi connectivity index (χ1n) is 12.8. The van der Waals surface area contributed by atoms with E-state index in [1.807, 2.05) is 27.7 Å². The smallest absolute Gasteiger partial charge is 0.339 e. The topological polar surface area (TPSA) is 146 Å². The van der Waals surface area contributed by atoms with Gasteiger partial charge in [0.05, 0.1) is 18.6 Å². The molecule has 0 radical (unpaired) electrons. The Kier molecular flexibility index (Phi) is 7.69. The molecular formula is C27H38O9. The Morgan fingerprint density at radius 1 is 1.22 bits per heavy atom. The summed E-state index contributed by atoms with van der Waals surface area (Å²) in [6.45, 7) is 7.54. The highest BCUT2D eigenvalue weighted by Gasteiger charge is 2.49. The van der Waals surface area contributed by atoms with Gasteiger partial charge in [-0.2, -0.15) is 0 Å². The van der Waals surface area contributed by atoms with Crippen LogP contribution in [0.2, 0.25) is 0 Å². The normalized spacial score (nSPS) is 33.1. The highest BCUT2D eigenvalue weighted by atomic mass is 16.7. The van der Waals surface area contributed by atoms with Crippen LogP contribution in [0.25, 0.3) is 0 Å². The molecule has 7 atom stereocenters. The van der Waals surface area contributed by atoms with Crippen LogP contribution in [0.1, 0.15) is 80.8 Å². The van der Waals surface area contributed by atoms with E-state index in [1.165, 1.54) is 5.57 Å². The maximum Gasteiger partial charge on any atom is 0.339 e. The summed E-state index contributed by atoms with van der Waals surface area (Å²) in [5.74, 6) is -1.80. The molecule has 0 amide bonds. The van der Waals surface area contributed by atoms with E-state index < -0.39 is 48.9 Å². The first kappa shape index (κ1) is 26.9. The van der Waals surface area contributed by atoms with Gasteiger partial charge in [-0.1, -0.05) is 25.0 Å². The molecular weight excluding hydrogens is 468 g/mol. The van der Waals surface area contributed by atoms with Crippen LogP contribution in [0, 0.1) is 11.8 Å². The Labute approximate surface area is 211 Å². The van der Waals surface area contributed by atoms with Crippen molar-refractivity contribution in [1.82, 2.24) is 0 Å². The number of carboxylic acid groups (broad SMARTS) is 1. The second-order valence-corrected chi connectivity index (χ2v) is 10.8. The molecule has 3 aliphatic rings. The van der Waals surface area contributed by atoms with E-state index >= 15 is 0 Å². The Balaban J connectivity index is 1.92. The lowest BCUT2D eigenvalue weighted by molar-refractivity contribution is -0.313. The number of hydrogen-bond donors (Lipinski definition) is 5. The van der Waals surface area contributed by atoms with Gasteiger partial charge in [-0.05, 0) is 58.1 Å². The fraction of sp³-hybridized carbons (Fsp3) is 0.667. The van der Waals surface area contributed by atoms with Gasteiger partial charge < -0.3 is 39.7 Å². The SMILES string of the molecule is CCCCc1cc2c(c(OC3O[C@H](O)[C@@H](O)[C@H](O)[C@H]3CO)c1C(=O)O)[C@@H]1C=C(C)CC[C@H]1C(C)(C)O2. The van der Waals surface area contributed by atoms with Crippen molar-refractivity contribution in [2.45, 2.75) is 96.1 Å². The summed E-state index contributed by atoms with van der Waals surface area (Å²) in [5.41, 5.74) is 1.82. The van der Waals surface area contributed by atoms with Gasteiger partial charge in [0.1, 0.15) is 28.8 Å². The second kappa shape index (κ2) is 10.3. The molecule has 1 fully saturated rings. The molecule has 9 nitrogen and oxygen atoms in total. The minimum Gasteiger partial charge on any atom is -0.487 e. The number of aromatic carboxylic acids is 1. The van der Waals surface area contributed by atoms with Crippen LogP contribution in [0.15, 0.2) is 17.7 Å². The van der Waals surface area contributed by atoms with E-state index in [4.69, 9.17) is 14.2 Å². The minimum absolute atomic E-state index is 0.0173. The molecule has 1 saturated heterocycles. The van der Waals surface area contributed by atoms with E-state index in [2.05, 4.69) is 6.08 Å². The summed E-state index contributed by atoms with van der Waals surface area (Å²) < 4.78 is 18.1. The molecule has 2 aliphatic heterocycles. The number of aliphatic hydroxyl groups excluding tert-OH is 4. The molecule has 1 aliphatic carbocycles. The average molecular weight is 507 g/mol. The first-order chi connectivity index (χ1) is 17.0. The third-order valence-corrected chi connectivity index (χ3v) is 7.87. The predicted molar refractivity (Wildman–Crippen MR) is 130 cm³/mol. The molecule has 0 saturated carbocycles. The number of allylic oxidation sites excluding steroid dienone is 2. The van der Waals surface area contributed by atoms with Gasteiger partial charge in [0, 0.05) is 17.4 Å². The van der Waals surface area contributed by atoms with E-state index in [1.54, 1.807) is 6.07 Å². The molecule has 0 spiro atoms. The number of rotatable bonds is 7. The van der Waals surface area contributed by atoms with Crippen molar-refractivity contribution >= 4 is 5.97 Å². The Bertz CT molecular complexity index is 1020. The number of carbonyl (C=O) groups is 1. The maximum atomic E-state index is 12.7. The number of hydrogen-bond acceptors (Lipinski definition) is 8. The van der Waals surface area contributed by atoms with Crippen molar-refractivity contribution in [2.75, 3.05) is 6.61 Å². The molecule has 200 valence electrons. The lowest BCUT2D eigenvalue weighted by Crippen LogP contribution is -2.57. The summed E-state index contributed by atoms with van der Waals surface area (Å²) in [4.78, 5) is 12.7. The van der Waals surface area contributed by atoms with Crippen molar-refractivity contribution in [1.29, 1.82) is 0 Å². The number of ether oxygens (including phenoxy) is 3. The monoisotopic (exact) mass is 506 g/mol. The second-order valence-electron chi connectivity index (χ2n) is 10.8. The molecule has 5 N–H and O–H groups in total. The molecule has 1 aromatic carbocycles. The van der Waals surface area contributed by atoms with Crippen molar-refractivity contribution < 1.29 is 44.5 Å². The van der Waals surface area contributed by atoms with Crippen LogP contribution in [0.5, 0.6) is 11.5 Å². The van der Waals surface area contributed by atoms with Crippen LogP contribution in [-0.4, -0.2) is 68.5 Å². The van der Waals surface area contributed by atoms with Gasteiger partial charge in [-0.3, -0.25) is 0 Å². The number of unbranched alkanes of at least 4 members (excludes halogenated alkanes) is 1. The van der Waals surface area contributed by atoms with Crippen LogP contribution >= 0.6 is 0 Å². The fourth-order valence-electron chi connectivity index (χ4n) is 5.84. The van der Waals surface area contributed by atoms with Gasteiger partial charge in [0.2, 0.25) is 6.29 Å². The molecule has 0 bridgehead atoms. The zero-order chi connectivity index (χ0) is 26.4. The zero-order valence-electron chi connectivity index (χ0n) is 21.3. The number of aryl methyl sites for hydroxylation is 1. The van der Waals surface area contributed by atoms with Gasteiger partial charge >= 0.3 is 5.97 Å². The molecule has 1 unspecified atom stereocenters. The first-order valence-corrected chi connectivity index (χ1v) is 12.8. The fourth-order valence-corrected chi connectivity index (χ4v) is 5.84. The third-order valence-electron chi connectivity index (χ3n) is 7.87. The summed E-state index contributed by atoms with van der Waals surface area (Å²) in [7, 11) is 0. The van der Waals surface area contributed by atoms with Crippen LogP contribution in [-0.2, 0) is 11.2 Å². The lowest BCUT2D eigenvalue weighted by Gasteiger charge is -2.47. The summed E-state index contributed by atoms with van der Waals surface area (Å²) in [6.07, 6.45) is -0.299. The highest BCUT2D eigenvalue weighted by molar-refractivity contribution is 5.94. The summed E-state index contributed by atoms with van der Waals surface area (Å²) in [5, 5.41) is 50.9. The largest absolute Gasteiger partial charge is 0.487 e. The Morgan fingerprint density at radius 2 is 1.94 bits per heavy atom. The third kappa shape index (κ3) is 4.75. The van der Waals surface area contributed by atoms with Crippen LogP contribution in [0.3, 0.4) is 0 Å². The highest BCUT2D eigenvalue weighted by Crippen LogP contribution is 2.55. The molecule has 0 aromatic heterocycles. The predicted octanol–water partition coefficient (Wildman–Crippen LogP) is 2.72. The zero-order valence-corrected chi connectivity index (χ0v) is 21.3. The maximum absolute atomic E-state index is 12.7. The Morgan fingerprint density at radius 3 is 2.58 bits per heavy atom. The Hall–Kier alpha value is -2.17. The number of benzene rings is 1. The number of aliphatic hydroxyl groups is 4. The molecule has 1 aromatic rings. The van der Waals surface area contributed by atoms with E-state index in [0.717, 1.165) is 25.7 Å². The molecule has 36 heavy (non-hydrogen) atoms. The van der Waals surface area contributed by atoms with Crippen molar-refractivity contribution in [3.8, 4) is 11.5 Å². The molecule has 9 heteroatoms. The van der Waals surface area contributed by atoms with Crippen LogP contribution < -0.4 is 9.47 Å². The molecule has 2 heterocycles. The van der Waals surface area contributed by atoms with Gasteiger partial charge in [-0.25, -0.2) is 4.79 Å². The number of carboxylic acids is 1. The summed E-state index contributed by atoms with van der Waals surface area (Å²) in [6, 6.07) is 1.80. The summed E-state index contributed by atoms with van der Waals surface area (Å²) >= 11 is 0. The quantitative estimate of drug-likeness (QED) is 0.352. The van der Waals surface area contributed by atoms with Crippen molar-refractivity contribution in [3.63, 3.8) is 0 Å². The van der Waals surface area contributed by atoms with Crippen LogP contribution in [0.4, 0.5) is 0 Å². The van der Waals surface area contributed by atoms with E-state index in [9.17, 15) is 30.3 Å². The number of fused-ring (bicyclic) bond motifs is 3. The lowest BCUT2D eigenvalue weighted by atomic mass is 9.67. The standard InChI is InChI=1S/C27H38O9/c1-5-6-7-14-11-18-20(15-10-13(2)8-9-17(15)27(3,4)36-18)23(19(14)24(31)32)34-26-16(12-28)21(29)22(30)25(33)35-26/h10-11,15-17,21-22,25-26,28-30,33H,5-9,12H2,1-4H3,(H,31,32)/t15-,16-,17-,21-,22+,25+,26?/m1/s1. The minimum atomic E-state index is -1.76. The van der Waals surface area contributed by atoms with E-state index in [0.29, 0.717) is 23.3 Å².